The number of benzene rings is 1. The molecule has 9 nitrogen and oxygen atoms in total. The quantitative estimate of drug-likeness (QED) is 0.551. The van der Waals surface area contributed by atoms with Crippen molar-refractivity contribution in [2.45, 2.75) is 44.6 Å². The molecule has 2 aromatic rings. The third-order valence-electron chi connectivity index (χ3n) is 6.92. The summed E-state index contributed by atoms with van der Waals surface area (Å²) in [5.74, 6) is 0.285. The predicted molar refractivity (Wildman–Crippen MR) is 135 cm³/mol. The van der Waals surface area contributed by atoms with Gasteiger partial charge in [-0.05, 0) is 63.4 Å². The molecule has 0 aliphatic carbocycles. The molecule has 0 unspecified atom stereocenters. The van der Waals surface area contributed by atoms with E-state index in [4.69, 9.17) is 4.74 Å². The third-order valence-corrected chi connectivity index (χ3v) is 8.82. The molecule has 192 valence electrons. The topological polar surface area (TPSA) is 101 Å². The maximum absolute atomic E-state index is 13.3. The van der Waals surface area contributed by atoms with Gasteiger partial charge in [-0.2, -0.15) is 4.31 Å². The molecule has 1 amide bonds. The SMILES string of the molecule is CCn1cc(C(=O)NCCCN2CCC[C@@H](C)C2)c(=O)c2cc(S(=O)(=O)N3CCOCC3)ccc21. The van der Waals surface area contributed by atoms with Crippen molar-refractivity contribution in [1.29, 1.82) is 0 Å². The third kappa shape index (κ3) is 5.77. The van der Waals surface area contributed by atoms with Crippen LogP contribution in [0.5, 0.6) is 0 Å². The maximum Gasteiger partial charge on any atom is 0.256 e. The molecule has 10 heteroatoms. The maximum atomic E-state index is 13.3. The lowest BCUT2D eigenvalue weighted by Gasteiger charge is -2.30. The van der Waals surface area contributed by atoms with Gasteiger partial charge in [-0.3, -0.25) is 9.59 Å². The number of amides is 1. The molecule has 2 aliphatic heterocycles. The van der Waals surface area contributed by atoms with Crippen molar-refractivity contribution in [2.75, 3.05) is 52.5 Å². The van der Waals surface area contributed by atoms with Crippen molar-refractivity contribution in [2.24, 2.45) is 5.92 Å². The average Bonchev–Trinajstić information content (AvgIpc) is 2.87. The molecule has 0 saturated carbocycles. The van der Waals surface area contributed by atoms with Crippen LogP contribution in [0.15, 0.2) is 34.1 Å². The fraction of sp³-hybridized carbons (Fsp3) is 0.600. The number of ether oxygens (including phenoxy) is 1. The van der Waals surface area contributed by atoms with Gasteiger partial charge in [-0.25, -0.2) is 8.42 Å². The molecule has 2 aliphatic rings. The van der Waals surface area contributed by atoms with E-state index in [9.17, 15) is 18.0 Å². The van der Waals surface area contributed by atoms with Gasteiger partial charge in [0.2, 0.25) is 15.5 Å². The molecule has 4 rings (SSSR count). The molecule has 1 N–H and O–H groups in total. The molecule has 2 fully saturated rings. The van der Waals surface area contributed by atoms with Crippen LogP contribution in [0.1, 0.15) is 43.5 Å². The van der Waals surface area contributed by atoms with Gasteiger partial charge in [0.25, 0.3) is 5.91 Å². The number of carbonyl (C=O) groups excluding carboxylic acids is 1. The average molecular weight is 505 g/mol. The summed E-state index contributed by atoms with van der Waals surface area (Å²) in [4.78, 5) is 28.7. The van der Waals surface area contributed by atoms with Gasteiger partial charge in [0.05, 0.1) is 23.6 Å². The molecular weight excluding hydrogens is 468 g/mol. The number of fused-ring (bicyclic) bond motifs is 1. The molecule has 0 bridgehead atoms. The van der Waals surface area contributed by atoms with Crippen molar-refractivity contribution < 1.29 is 17.9 Å². The largest absolute Gasteiger partial charge is 0.379 e. The summed E-state index contributed by atoms with van der Waals surface area (Å²) in [6.45, 7) is 9.57. The number of hydrogen-bond acceptors (Lipinski definition) is 6. The van der Waals surface area contributed by atoms with Crippen LogP contribution in [0.4, 0.5) is 0 Å². The first-order valence-electron chi connectivity index (χ1n) is 12.6. The minimum absolute atomic E-state index is 0.0341. The van der Waals surface area contributed by atoms with Crippen molar-refractivity contribution in [3.05, 3.63) is 40.2 Å². The lowest BCUT2D eigenvalue weighted by Crippen LogP contribution is -2.40. The van der Waals surface area contributed by atoms with Crippen LogP contribution >= 0.6 is 0 Å². The summed E-state index contributed by atoms with van der Waals surface area (Å²) >= 11 is 0. The first kappa shape index (κ1) is 25.8. The van der Waals surface area contributed by atoms with Crippen molar-refractivity contribution >= 4 is 26.8 Å². The number of carbonyl (C=O) groups is 1. The normalized spacial score (nSPS) is 20.2. The summed E-state index contributed by atoms with van der Waals surface area (Å²) in [5, 5.41) is 3.12. The minimum atomic E-state index is -3.76. The number of nitrogens with zero attached hydrogens (tertiary/aromatic N) is 3. The highest BCUT2D eigenvalue weighted by atomic mass is 32.2. The molecule has 1 aromatic carbocycles. The van der Waals surface area contributed by atoms with Gasteiger partial charge in [0, 0.05) is 44.3 Å². The van der Waals surface area contributed by atoms with E-state index in [0.29, 0.717) is 37.7 Å². The molecule has 3 heterocycles. The second-order valence-electron chi connectivity index (χ2n) is 9.51. The highest BCUT2D eigenvalue weighted by Crippen LogP contribution is 2.22. The van der Waals surface area contributed by atoms with Crippen LogP contribution in [-0.2, 0) is 21.3 Å². The highest BCUT2D eigenvalue weighted by molar-refractivity contribution is 7.89. The molecule has 0 spiro atoms. The summed E-state index contributed by atoms with van der Waals surface area (Å²) in [5.41, 5.74) is 0.187. The second-order valence-corrected chi connectivity index (χ2v) is 11.4. The Morgan fingerprint density at radius 3 is 2.69 bits per heavy atom. The Labute approximate surface area is 207 Å². The molecular formula is C25H36N4O5S. The number of rotatable bonds is 8. The lowest BCUT2D eigenvalue weighted by atomic mass is 10.0. The van der Waals surface area contributed by atoms with E-state index in [-0.39, 0.29) is 28.9 Å². The molecule has 35 heavy (non-hydrogen) atoms. The van der Waals surface area contributed by atoms with Crippen molar-refractivity contribution in [3.63, 3.8) is 0 Å². The van der Waals surface area contributed by atoms with Gasteiger partial charge < -0.3 is 19.5 Å². The van der Waals surface area contributed by atoms with Crippen LogP contribution < -0.4 is 10.7 Å². The summed E-state index contributed by atoms with van der Waals surface area (Å²) in [6.07, 6.45) is 4.87. The predicted octanol–water partition coefficient (Wildman–Crippen LogP) is 1.89. The van der Waals surface area contributed by atoms with E-state index >= 15 is 0 Å². The van der Waals surface area contributed by atoms with Crippen LogP contribution in [0.25, 0.3) is 10.9 Å². The number of likely N-dealkylation sites (tertiary alicyclic amines) is 1. The summed E-state index contributed by atoms with van der Waals surface area (Å²) in [6, 6.07) is 4.58. The van der Waals surface area contributed by atoms with E-state index in [1.54, 1.807) is 12.3 Å². The van der Waals surface area contributed by atoms with Gasteiger partial charge in [-0.1, -0.05) is 6.92 Å². The highest BCUT2D eigenvalue weighted by Gasteiger charge is 2.27. The van der Waals surface area contributed by atoms with Gasteiger partial charge in [0.15, 0.2) is 0 Å². The number of hydrogen-bond donors (Lipinski definition) is 1. The number of piperidine rings is 1. The Hall–Kier alpha value is -2.27. The number of nitrogens with one attached hydrogen (secondary N) is 1. The summed E-state index contributed by atoms with van der Waals surface area (Å²) in [7, 11) is -3.76. The Bertz CT molecular complexity index is 1220. The number of aryl methyl sites for hydroxylation is 1. The Balaban J connectivity index is 1.53. The van der Waals surface area contributed by atoms with Gasteiger partial charge >= 0.3 is 0 Å². The molecule has 2 saturated heterocycles. The zero-order valence-electron chi connectivity index (χ0n) is 20.7. The molecule has 1 aromatic heterocycles. The Morgan fingerprint density at radius 1 is 1.20 bits per heavy atom. The minimum Gasteiger partial charge on any atom is -0.379 e. The fourth-order valence-corrected chi connectivity index (χ4v) is 6.42. The second kappa shape index (κ2) is 11.2. The Kier molecular flexibility index (Phi) is 8.26. The van der Waals surface area contributed by atoms with E-state index in [1.807, 2.05) is 11.5 Å². The first-order chi connectivity index (χ1) is 16.8. The van der Waals surface area contributed by atoms with Crippen LogP contribution in [0, 0.1) is 5.92 Å². The standard InChI is InChI=1S/C25H36N4O5S/c1-3-28-18-22(25(31)26-9-5-11-27-10-4-6-19(2)17-27)24(30)21-16-20(7-8-23(21)28)35(32,33)29-12-14-34-15-13-29/h7-8,16,18-19H,3-6,9-15,17H2,1-2H3,(H,26,31)/t19-/m1/s1. The van der Waals surface area contributed by atoms with Crippen molar-refractivity contribution in [3.8, 4) is 0 Å². The number of aromatic nitrogens is 1. The zero-order valence-corrected chi connectivity index (χ0v) is 21.5. The van der Waals surface area contributed by atoms with E-state index in [2.05, 4.69) is 17.1 Å². The van der Waals surface area contributed by atoms with Crippen molar-refractivity contribution in [1.82, 2.24) is 19.1 Å². The van der Waals surface area contributed by atoms with E-state index < -0.39 is 21.4 Å². The van der Waals surface area contributed by atoms with Gasteiger partial charge in [-0.15, -0.1) is 0 Å². The zero-order chi connectivity index (χ0) is 25.0. The fourth-order valence-electron chi connectivity index (χ4n) is 4.99. The summed E-state index contributed by atoms with van der Waals surface area (Å²) < 4.78 is 34.7. The van der Waals surface area contributed by atoms with E-state index in [0.717, 1.165) is 26.1 Å². The Morgan fingerprint density at radius 2 is 1.97 bits per heavy atom. The van der Waals surface area contributed by atoms with Crippen LogP contribution in [0.2, 0.25) is 0 Å². The number of pyridine rings is 1. The van der Waals surface area contributed by atoms with Crippen LogP contribution in [-0.4, -0.2) is 80.6 Å². The smallest absolute Gasteiger partial charge is 0.256 e. The van der Waals surface area contributed by atoms with Gasteiger partial charge in [0.1, 0.15) is 5.56 Å². The number of morpholine rings is 1. The van der Waals surface area contributed by atoms with Crippen LogP contribution in [0.3, 0.4) is 0 Å². The number of sulfonamides is 1. The first-order valence-corrected chi connectivity index (χ1v) is 14.0. The van der Waals surface area contributed by atoms with E-state index in [1.165, 1.54) is 29.3 Å². The molecule has 0 radical (unpaired) electrons. The molecule has 1 atom stereocenters. The lowest BCUT2D eigenvalue weighted by molar-refractivity contribution is 0.0730. The monoisotopic (exact) mass is 504 g/mol.